The van der Waals surface area contributed by atoms with Gasteiger partial charge in [0.15, 0.2) is 5.82 Å². The van der Waals surface area contributed by atoms with E-state index in [1.54, 1.807) is 13.1 Å². The molecule has 0 radical (unpaired) electrons. The van der Waals surface area contributed by atoms with Crippen molar-refractivity contribution in [1.29, 1.82) is 5.53 Å². The predicted molar refractivity (Wildman–Crippen MR) is 122 cm³/mol. The molecule has 9 heteroatoms. The van der Waals surface area contributed by atoms with Gasteiger partial charge >= 0.3 is 0 Å². The Morgan fingerprint density at radius 1 is 1.03 bits per heavy atom. The maximum absolute atomic E-state index is 7.32. The first-order valence-electron chi connectivity index (χ1n) is 9.51. The molecule has 2 heterocycles. The zero-order chi connectivity index (χ0) is 22.0. The zero-order valence-corrected chi connectivity index (χ0v) is 17.9. The van der Waals surface area contributed by atoms with E-state index in [1.165, 1.54) is 6.33 Å². The summed E-state index contributed by atoms with van der Waals surface area (Å²) in [5.74, 6) is 1.87. The number of halogens is 1. The molecule has 156 valence electrons. The van der Waals surface area contributed by atoms with Crippen molar-refractivity contribution in [2.45, 2.75) is 13.8 Å². The van der Waals surface area contributed by atoms with Crippen molar-refractivity contribution in [3.8, 4) is 11.5 Å². The number of hydrogen-bond donors (Lipinski definition) is 3. The number of rotatable bonds is 6. The number of anilines is 3. The molecule has 0 unspecified atom stereocenters. The van der Waals surface area contributed by atoms with Crippen LogP contribution < -0.4 is 15.4 Å². The highest BCUT2D eigenvalue weighted by atomic mass is 35.5. The molecule has 4 aromatic rings. The summed E-state index contributed by atoms with van der Waals surface area (Å²) in [5, 5.41) is 10.2. The second-order valence-corrected chi connectivity index (χ2v) is 7.29. The van der Waals surface area contributed by atoms with Crippen LogP contribution in [0, 0.1) is 19.4 Å². The fraction of sp³-hybridized carbons (Fsp3) is 0.136. The minimum atomic E-state index is 0.424. The number of benzene rings is 2. The lowest BCUT2D eigenvalue weighted by Gasteiger charge is -2.13. The molecule has 0 aliphatic heterocycles. The first kappa shape index (κ1) is 20.5. The zero-order valence-electron chi connectivity index (χ0n) is 17.2. The van der Waals surface area contributed by atoms with Crippen LogP contribution >= 0.6 is 11.6 Å². The topological polar surface area (TPSA) is 108 Å². The normalized spacial score (nSPS) is 10.7. The summed E-state index contributed by atoms with van der Waals surface area (Å²) in [6.07, 6.45) is 1.49. The van der Waals surface area contributed by atoms with Crippen molar-refractivity contribution >= 4 is 45.5 Å². The van der Waals surface area contributed by atoms with Crippen LogP contribution in [-0.2, 0) is 0 Å². The Bertz CT molecular complexity index is 1290. The molecule has 0 fully saturated rings. The smallest absolute Gasteiger partial charge is 0.160 e. The molecule has 0 saturated carbocycles. The molecule has 0 spiro atoms. The average molecular weight is 434 g/mol. The van der Waals surface area contributed by atoms with Gasteiger partial charge < -0.3 is 15.4 Å². The van der Waals surface area contributed by atoms with Crippen LogP contribution in [0.1, 0.15) is 11.1 Å². The van der Waals surface area contributed by atoms with Gasteiger partial charge in [-0.25, -0.2) is 20.5 Å². The predicted octanol–water partition coefficient (Wildman–Crippen LogP) is 6.54. The van der Waals surface area contributed by atoms with Crippen LogP contribution in [0.15, 0.2) is 53.9 Å². The van der Waals surface area contributed by atoms with E-state index in [0.717, 1.165) is 28.0 Å². The Morgan fingerprint density at radius 2 is 1.87 bits per heavy atom. The standard InChI is InChI=1S/C22H20ClN7O/c1-12-8-14(28-22-20-18(26-11-27-22)9-13(2)21(23)29-20)4-7-19(12)31-15-5-6-16(25-3)17(10-15)30-24/h4-11,24-25H,1-3H3,(H,26,27,28). The summed E-state index contributed by atoms with van der Waals surface area (Å²) in [4.78, 5) is 13.0. The van der Waals surface area contributed by atoms with Crippen LogP contribution in [0.25, 0.3) is 11.0 Å². The fourth-order valence-electron chi connectivity index (χ4n) is 3.13. The van der Waals surface area contributed by atoms with Gasteiger partial charge in [0.25, 0.3) is 0 Å². The number of aromatic nitrogens is 3. The monoisotopic (exact) mass is 433 g/mol. The van der Waals surface area contributed by atoms with Crippen molar-refractivity contribution in [1.82, 2.24) is 15.0 Å². The Kier molecular flexibility index (Phi) is 5.64. The van der Waals surface area contributed by atoms with Crippen LogP contribution in [0.3, 0.4) is 0 Å². The van der Waals surface area contributed by atoms with E-state index in [1.807, 2.05) is 50.2 Å². The first-order chi connectivity index (χ1) is 15.0. The molecular weight excluding hydrogens is 414 g/mol. The van der Waals surface area contributed by atoms with Gasteiger partial charge in [-0.3, -0.25) is 0 Å². The van der Waals surface area contributed by atoms with E-state index >= 15 is 0 Å². The van der Waals surface area contributed by atoms with Gasteiger partial charge in [-0.05, 0) is 61.4 Å². The van der Waals surface area contributed by atoms with E-state index in [4.69, 9.17) is 21.9 Å². The van der Waals surface area contributed by atoms with Crippen LogP contribution in [0.5, 0.6) is 11.5 Å². The molecule has 3 N–H and O–H groups in total. The second kappa shape index (κ2) is 8.53. The highest BCUT2D eigenvalue weighted by molar-refractivity contribution is 6.30. The molecule has 0 saturated heterocycles. The largest absolute Gasteiger partial charge is 0.457 e. The summed E-state index contributed by atoms with van der Waals surface area (Å²) in [6, 6.07) is 13.0. The Morgan fingerprint density at radius 3 is 2.61 bits per heavy atom. The van der Waals surface area contributed by atoms with E-state index in [-0.39, 0.29) is 0 Å². The molecule has 2 aromatic carbocycles. The molecule has 31 heavy (non-hydrogen) atoms. The lowest BCUT2D eigenvalue weighted by atomic mass is 10.2. The maximum Gasteiger partial charge on any atom is 0.160 e. The highest BCUT2D eigenvalue weighted by Crippen LogP contribution is 2.34. The first-order valence-corrected chi connectivity index (χ1v) is 9.89. The average Bonchev–Trinajstić information content (AvgIpc) is 2.77. The summed E-state index contributed by atoms with van der Waals surface area (Å²) in [6.45, 7) is 3.84. The number of ether oxygens (including phenoxy) is 1. The van der Waals surface area contributed by atoms with Crippen LogP contribution in [-0.4, -0.2) is 22.0 Å². The van der Waals surface area contributed by atoms with Gasteiger partial charge in [-0.1, -0.05) is 11.6 Å². The number of hydrogen-bond acceptors (Lipinski definition) is 8. The van der Waals surface area contributed by atoms with E-state index in [9.17, 15) is 0 Å². The van der Waals surface area contributed by atoms with Crippen LogP contribution in [0.2, 0.25) is 5.15 Å². The number of nitrogens with one attached hydrogen (secondary N) is 3. The summed E-state index contributed by atoms with van der Waals surface area (Å²) in [7, 11) is 1.78. The second-order valence-electron chi connectivity index (χ2n) is 6.93. The minimum Gasteiger partial charge on any atom is -0.457 e. The lowest BCUT2D eigenvalue weighted by molar-refractivity contribution is 0.479. The van der Waals surface area contributed by atoms with E-state index in [0.29, 0.717) is 33.7 Å². The van der Waals surface area contributed by atoms with E-state index < -0.39 is 0 Å². The highest BCUT2D eigenvalue weighted by Gasteiger charge is 2.11. The number of nitrogens with zero attached hydrogens (tertiary/aromatic N) is 4. The third kappa shape index (κ3) is 4.24. The quantitative estimate of drug-likeness (QED) is 0.235. The molecule has 4 rings (SSSR count). The maximum atomic E-state index is 7.32. The van der Waals surface area contributed by atoms with Crippen LogP contribution in [0.4, 0.5) is 22.9 Å². The van der Waals surface area contributed by atoms with Crippen molar-refractivity contribution in [3.05, 3.63) is 65.1 Å². The van der Waals surface area contributed by atoms with Crippen molar-refractivity contribution in [2.75, 3.05) is 17.7 Å². The van der Waals surface area contributed by atoms with Crippen molar-refractivity contribution in [3.63, 3.8) is 0 Å². The van der Waals surface area contributed by atoms with E-state index in [2.05, 4.69) is 30.7 Å². The molecular formula is C22H20ClN7O. The van der Waals surface area contributed by atoms with Crippen molar-refractivity contribution in [2.24, 2.45) is 5.11 Å². The van der Waals surface area contributed by atoms with Gasteiger partial charge in [0.1, 0.15) is 34.2 Å². The summed E-state index contributed by atoms with van der Waals surface area (Å²) < 4.78 is 6.00. The third-order valence-electron chi connectivity index (χ3n) is 4.76. The number of aryl methyl sites for hydroxylation is 2. The molecule has 0 aliphatic rings. The Labute approximate surface area is 184 Å². The van der Waals surface area contributed by atoms with Gasteiger partial charge in [0.2, 0.25) is 0 Å². The third-order valence-corrected chi connectivity index (χ3v) is 5.15. The molecule has 0 aliphatic carbocycles. The SMILES string of the molecule is CNc1ccc(Oc2ccc(Nc3ncnc4cc(C)c(Cl)nc34)cc2C)cc1N=N. The van der Waals surface area contributed by atoms with Gasteiger partial charge in [0, 0.05) is 18.8 Å². The lowest BCUT2D eigenvalue weighted by Crippen LogP contribution is -1.99. The molecule has 8 nitrogen and oxygen atoms in total. The summed E-state index contributed by atoms with van der Waals surface area (Å²) >= 11 is 6.19. The van der Waals surface area contributed by atoms with Gasteiger partial charge in [-0.2, -0.15) is 5.11 Å². The van der Waals surface area contributed by atoms with Gasteiger partial charge in [0.05, 0.1) is 11.2 Å². The fourth-order valence-corrected chi connectivity index (χ4v) is 3.27. The minimum absolute atomic E-state index is 0.424. The number of fused-ring (bicyclic) bond motifs is 1. The molecule has 0 bridgehead atoms. The Hall–Kier alpha value is -3.78. The van der Waals surface area contributed by atoms with Crippen molar-refractivity contribution < 1.29 is 4.74 Å². The molecule has 2 aromatic heterocycles. The molecule has 0 amide bonds. The molecule has 0 atom stereocenters. The Balaban J connectivity index is 1.59. The number of pyridine rings is 1. The van der Waals surface area contributed by atoms with Gasteiger partial charge in [-0.15, -0.1) is 0 Å². The summed E-state index contributed by atoms with van der Waals surface area (Å²) in [5.41, 5.74) is 12.5.